The summed E-state index contributed by atoms with van der Waals surface area (Å²) >= 11 is 1.69. The summed E-state index contributed by atoms with van der Waals surface area (Å²) in [6.45, 7) is 6.90. The molecule has 0 spiro atoms. The molecule has 1 atom stereocenters. The lowest BCUT2D eigenvalue weighted by atomic mass is 9.94. The summed E-state index contributed by atoms with van der Waals surface area (Å²) in [6.07, 6.45) is 2.95. The molecule has 0 saturated carbocycles. The number of rotatable bonds is 7. The van der Waals surface area contributed by atoms with Crippen molar-refractivity contribution in [1.29, 1.82) is 0 Å². The van der Waals surface area contributed by atoms with E-state index in [-0.39, 0.29) is 12.1 Å². The van der Waals surface area contributed by atoms with Crippen LogP contribution in [0.3, 0.4) is 0 Å². The predicted molar refractivity (Wildman–Crippen MR) is 128 cm³/mol. The van der Waals surface area contributed by atoms with E-state index in [4.69, 9.17) is 9.51 Å². The Morgan fingerprint density at radius 3 is 2.50 bits per heavy atom. The first kappa shape index (κ1) is 22.1. The second-order valence-corrected chi connectivity index (χ2v) is 9.16. The van der Waals surface area contributed by atoms with Crippen LogP contribution in [0.25, 0.3) is 17.0 Å². The van der Waals surface area contributed by atoms with Gasteiger partial charge in [-0.2, -0.15) is 4.98 Å². The van der Waals surface area contributed by atoms with Gasteiger partial charge in [0, 0.05) is 22.7 Å². The number of aromatic nitrogens is 2. The monoisotopic (exact) mass is 448 g/mol. The second-order valence-electron chi connectivity index (χ2n) is 8.28. The zero-order chi connectivity index (χ0) is 22.7. The lowest BCUT2D eigenvalue weighted by Gasteiger charge is -2.35. The number of nitrogens with one attached hydrogen (secondary N) is 1. The molecule has 0 saturated heterocycles. The average molecular weight is 449 g/mol. The maximum atomic E-state index is 13.0. The number of allylic oxidation sites excluding steroid dienone is 1. The Kier molecular flexibility index (Phi) is 6.65. The molecule has 4 rings (SSSR count). The molecule has 0 bridgehead atoms. The van der Waals surface area contributed by atoms with E-state index in [0.29, 0.717) is 24.2 Å². The van der Waals surface area contributed by atoms with Crippen LogP contribution in [0.5, 0.6) is 0 Å². The van der Waals surface area contributed by atoms with Gasteiger partial charge in [0.25, 0.3) is 5.89 Å². The van der Waals surface area contributed by atoms with Crippen LogP contribution in [0.4, 0.5) is 4.79 Å². The third-order valence-corrected chi connectivity index (χ3v) is 6.41. The molecule has 2 heterocycles. The number of nitrogens with zero attached hydrogens (tertiary/aromatic N) is 3. The largest absolute Gasteiger partial charge is 0.334 e. The molecule has 1 unspecified atom stereocenters. The van der Waals surface area contributed by atoms with Gasteiger partial charge < -0.3 is 9.84 Å². The Balaban J connectivity index is 1.75. The van der Waals surface area contributed by atoms with Crippen molar-refractivity contribution < 1.29 is 9.32 Å². The Morgan fingerprint density at radius 1 is 1.12 bits per heavy atom. The highest BCUT2D eigenvalue weighted by Gasteiger charge is 2.35. The summed E-state index contributed by atoms with van der Waals surface area (Å²) in [4.78, 5) is 20.7. The van der Waals surface area contributed by atoms with E-state index in [1.54, 1.807) is 16.7 Å². The molecule has 2 aromatic carbocycles. The quantitative estimate of drug-likeness (QED) is 0.449. The lowest BCUT2D eigenvalue weighted by Crippen LogP contribution is -2.46. The highest BCUT2D eigenvalue weighted by atomic mass is 32.2. The standard InChI is InChI=1S/C25H28N4O2S/c1-16(2)14-15-29-17(3)21(22(26-25(29)30)18-8-6-5-7-9-18)24-27-23(28-31-24)19-10-12-20(32-4)13-11-19/h5-13,16,22H,14-15H2,1-4H3,(H,26,30). The average Bonchev–Trinajstić information content (AvgIpc) is 3.28. The molecule has 3 aromatic rings. The predicted octanol–water partition coefficient (Wildman–Crippen LogP) is 6.00. The van der Waals surface area contributed by atoms with E-state index in [9.17, 15) is 4.79 Å². The number of thioether (sulfide) groups is 1. The molecule has 1 N–H and O–H groups in total. The molecular formula is C25H28N4O2S. The minimum absolute atomic E-state index is 0.104. The zero-order valence-electron chi connectivity index (χ0n) is 18.8. The molecular weight excluding hydrogens is 420 g/mol. The van der Waals surface area contributed by atoms with Crippen LogP contribution in [0.15, 0.2) is 69.7 Å². The van der Waals surface area contributed by atoms with E-state index in [2.05, 4.69) is 24.3 Å². The lowest BCUT2D eigenvalue weighted by molar-refractivity contribution is 0.202. The maximum absolute atomic E-state index is 13.0. The van der Waals surface area contributed by atoms with E-state index in [0.717, 1.165) is 28.8 Å². The number of carbonyl (C=O) groups is 1. The van der Waals surface area contributed by atoms with Gasteiger partial charge in [-0.15, -0.1) is 11.8 Å². The summed E-state index contributed by atoms with van der Waals surface area (Å²) in [7, 11) is 0. The summed E-state index contributed by atoms with van der Waals surface area (Å²) in [5, 5.41) is 7.39. The van der Waals surface area contributed by atoms with E-state index >= 15 is 0 Å². The van der Waals surface area contributed by atoms with Crippen LogP contribution < -0.4 is 5.32 Å². The van der Waals surface area contributed by atoms with Crippen LogP contribution in [0.2, 0.25) is 0 Å². The minimum Gasteiger partial charge on any atom is -0.334 e. The molecule has 0 fully saturated rings. The molecule has 2 amide bonds. The third kappa shape index (κ3) is 4.58. The number of urea groups is 1. The fourth-order valence-electron chi connectivity index (χ4n) is 3.80. The number of amides is 2. The third-order valence-electron chi connectivity index (χ3n) is 5.66. The van der Waals surface area contributed by atoms with E-state index in [1.165, 1.54) is 4.90 Å². The molecule has 7 heteroatoms. The fourth-order valence-corrected chi connectivity index (χ4v) is 4.21. The molecule has 0 radical (unpaired) electrons. The van der Waals surface area contributed by atoms with E-state index < -0.39 is 0 Å². The van der Waals surface area contributed by atoms with Crippen LogP contribution >= 0.6 is 11.8 Å². The first-order chi connectivity index (χ1) is 15.5. The van der Waals surface area contributed by atoms with Gasteiger partial charge >= 0.3 is 6.03 Å². The minimum atomic E-state index is -0.355. The van der Waals surface area contributed by atoms with Gasteiger partial charge in [0.1, 0.15) is 0 Å². The Labute approximate surface area is 193 Å². The van der Waals surface area contributed by atoms with Gasteiger partial charge in [-0.05, 0) is 55.3 Å². The number of benzene rings is 2. The Morgan fingerprint density at radius 2 is 1.84 bits per heavy atom. The Bertz CT molecular complexity index is 1110. The van der Waals surface area contributed by atoms with Gasteiger partial charge in [-0.25, -0.2) is 4.79 Å². The summed E-state index contributed by atoms with van der Waals surface area (Å²) in [6, 6.07) is 17.5. The molecule has 6 nitrogen and oxygen atoms in total. The molecule has 1 aliphatic rings. The molecule has 1 aromatic heterocycles. The fraction of sp³-hybridized carbons (Fsp3) is 0.320. The van der Waals surface area contributed by atoms with Crippen molar-refractivity contribution in [1.82, 2.24) is 20.4 Å². The normalized spacial score (nSPS) is 16.6. The first-order valence-electron chi connectivity index (χ1n) is 10.8. The molecule has 1 aliphatic heterocycles. The molecule has 32 heavy (non-hydrogen) atoms. The van der Waals surface area contributed by atoms with Crippen LogP contribution in [-0.2, 0) is 0 Å². The van der Waals surface area contributed by atoms with Crippen molar-refractivity contribution in [3.8, 4) is 11.4 Å². The van der Waals surface area contributed by atoms with Crippen LogP contribution in [0, 0.1) is 5.92 Å². The number of carbonyl (C=O) groups excluding carboxylic acids is 1. The van der Waals surface area contributed by atoms with Crippen molar-refractivity contribution >= 4 is 23.4 Å². The van der Waals surface area contributed by atoms with Gasteiger partial charge in [0.15, 0.2) is 0 Å². The van der Waals surface area contributed by atoms with Gasteiger partial charge in [0.05, 0.1) is 11.6 Å². The number of hydrogen-bond donors (Lipinski definition) is 1. The number of hydrogen-bond acceptors (Lipinski definition) is 5. The van der Waals surface area contributed by atoms with Crippen LogP contribution in [0.1, 0.15) is 44.7 Å². The Hall–Kier alpha value is -3.06. The maximum Gasteiger partial charge on any atom is 0.322 e. The first-order valence-corrected chi connectivity index (χ1v) is 12.0. The summed E-state index contributed by atoms with van der Waals surface area (Å²) in [5.74, 6) is 1.45. The smallest absolute Gasteiger partial charge is 0.322 e. The van der Waals surface area contributed by atoms with Crippen molar-refractivity contribution in [2.75, 3.05) is 12.8 Å². The van der Waals surface area contributed by atoms with Crippen molar-refractivity contribution in [2.45, 2.75) is 38.1 Å². The highest BCUT2D eigenvalue weighted by Crippen LogP contribution is 2.37. The molecule has 166 valence electrons. The SMILES string of the molecule is CSc1ccc(-c2noc(C3=C(C)N(CCC(C)C)C(=O)NC3c3ccccc3)n2)cc1. The van der Waals surface area contributed by atoms with Crippen molar-refractivity contribution in [3.63, 3.8) is 0 Å². The topological polar surface area (TPSA) is 71.3 Å². The second kappa shape index (κ2) is 9.61. The summed E-state index contributed by atoms with van der Waals surface area (Å²) in [5.41, 5.74) is 3.54. The zero-order valence-corrected chi connectivity index (χ0v) is 19.6. The van der Waals surface area contributed by atoms with Crippen molar-refractivity contribution in [2.24, 2.45) is 5.92 Å². The van der Waals surface area contributed by atoms with Crippen molar-refractivity contribution in [3.05, 3.63) is 71.7 Å². The van der Waals surface area contributed by atoms with Crippen LogP contribution in [-0.4, -0.2) is 33.9 Å². The summed E-state index contributed by atoms with van der Waals surface area (Å²) < 4.78 is 5.74. The van der Waals surface area contributed by atoms with Gasteiger partial charge in [-0.3, -0.25) is 4.90 Å². The van der Waals surface area contributed by atoms with E-state index in [1.807, 2.05) is 67.8 Å². The van der Waals surface area contributed by atoms with Gasteiger partial charge in [-0.1, -0.05) is 49.3 Å². The highest BCUT2D eigenvalue weighted by molar-refractivity contribution is 7.98. The van der Waals surface area contributed by atoms with Gasteiger partial charge in [0.2, 0.25) is 5.82 Å². The molecule has 0 aliphatic carbocycles.